The Morgan fingerprint density at radius 2 is 1.68 bits per heavy atom. The molecule has 9 nitrogen and oxygen atoms in total. The van der Waals surface area contributed by atoms with Crippen molar-refractivity contribution in [3.05, 3.63) is 71.8 Å². The normalized spacial score (nSPS) is 34.5. The minimum atomic E-state index is -2.17. The van der Waals surface area contributed by atoms with Crippen LogP contribution >= 0.6 is 23.5 Å². The van der Waals surface area contributed by atoms with E-state index in [1.54, 1.807) is 49.5 Å². The third-order valence-corrected chi connectivity index (χ3v) is 11.3. The summed E-state index contributed by atoms with van der Waals surface area (Å²) in [6.07, 6.45) is -3.79. The minimum absolute atomic E-state index is 0.0699. The Morgan fingerprint density at radius 1 is 1.02 bits per heavy atom. The highest BCUT2D eigenvalue weighted by Gasteiger charge is 2.85. The lowest BCUT2D eigenvalue weighted by Gasteiger charge is -2.47. The molecule has 6 rings (SSSR count). The molecule has 1 N–H and O–H groups in total. The SMILES string of the molecule is CC1(C)O[C@H]([C@H](O)C2(C)SCCCS2)[C@]2(O1)C(=O)O[C@@H]1CO[C@H](c3ccccc3)O[C@@]12C(=O)OCc1ccccc1. The van der Waals surface area contributed by atoms with Crippen molar-refractivity contribution in [3.63, 3.8) is 0 Å². The summed E-state index contributed by atoms with van der Waals surface area (Å²) in [4.78, 5) is 28.5. The first-order valence-electron chi connectivity index (χ1n) is 13.7. The molecule has 0 saturated carbocycles. The minimum Gasteiger partial charge on any atom is -0.458 e. The summed E-state index contributed by atoms with van der Waals surface area (Å²) in [5.41, 5.74) is -2.93. The fourth-order valence-corrected chi connectivity index (χ4v) is 9.00. The van der Waals surface area contributed by atoms with Crippen LogP contribution in [0.1, 0.15) is 44.6 Å². The van der Waals surface area contributed by atoms with Gasteiger partial charge in [0.2, 0.25) is 11.2 Å². The number of carbonyl (C=O) groups excluding carboxylic acids is 2. The fourth-order valence-electron chi connectivity index (χ4n) is 6.01. The highest BCUT2D eigenvalue weighted by molar-refractivity contribution is 8.18. The van der Waals surface area contributed by atoms with E-state index in [9.17, 15) is 14.7 Å². The molecular formula is C30H34O9S2. The first-order valence-corrected chi connectivity index (χ1v) is 15.7. The average molecular weight is 603 g/mol. The van der Waals surface area contributed by atoms with Crippen molar-refractivity contribution >= 4 is 35.5 Å². The van der Waals surface area contributed by atoms with E-state index in [1.807, 2.05) is 55.5 Å². The molecule has 6 atom stereocenters. The monoisotopic (exact) mass is 602 g/mol. The number of hydrogen-bond acceptors (Lipinski definition) is 11. The van der Waals surface area contributed by atoms with Gasteiger partial charge in [-0.1, -0.05) is 60.7 Å². The molecule has 1 spiro atoms. The standard InChI is InChI=1S/C30H34O9S2/c1-27(2)37-23(22(31)28(3)40-15-10-16-41-28)30(39-27)26(33)36-21-18-34-24(20-13-8-5-9-14-20)38-29(21,30)25(32)35-17-19-11-6-4-7-12-19/h4-9,11-14,21-24,31H,10,15-18H2,1-3H3/t21-,22+,23-,24+,29-,30+/m1/s1. The second kappa shape index (κ2) is 10.9. The predicted octanol–water partition coefficient (Wildman–Crippen LogP) is 3.98. The smallest absolute Gasteiger partial charge is 0.346 e. The maximum atomic E-state index is 14.4. The molecular weight excluding hydrogens is 568 g/mol. The molecule has 2 aromatic rings. The molecule has 4 aliphatic heterocycles. The quantitative estimate of drug-likeness (QED) is 0.485. The number of benzene rings is 2. The molecule has 2 aromatic carbocycles. The lowest BCUT2D eigenvalue weighted by atomic mass is 9.74. The first-order chi connectivity index (χ1) is 19.6. The highest BCUT2D eigenvalue weighted by Crippen LogP contribution is 2.59. The fraction of sp³-hybridized carbons (Fsp3) is 0.533. The zero-order valence-corrected chi connectivity index (χ0v) is 24.8. The maximum absolute atomic E-state index is 14.4. The number of esters is 2. The second-order valence-corrected chi connectivity index (χ2v) is 14.5. The van der Waals surface area contributed by atoms with Gasteiger partial charge in [-0.3, -0.25) is 0 Å². The van der Waals surface area contributed by atoms with Crippen molar-refractivity contribution in [1.29, 1.82) is 0 Å². The van der Waals surface area contributed by atoms with Crippen molar-refractivity contribution in [2.75, 3.05) is 18.1 Å². The number of rotatable bonds is 6. The zero-order valence-electron chi connectivity index (χ0n) is 23.1. The summed E-state index contributed by atoms with van der Waals surface area (Å²) < 4.78 is 36.3. The van der Waals surface area contributed by atoms with Crippen LogP contribution in [0.2, 0.25) is 0 Å². The third kappa shape index (κ3) is 4.79. The van der Waals surface area contributed by atoms with Gasteiger partial charge in [0.15, 0.2) is 18.2 Å². The van der Waals surface area contributed by atoms with Crippen LogP contribution in [0.5, 0.6) is 0 Å². The third-order valence-electron chi connectivity index (χ3n) is 7.95. The molecule has 0 radical (unpaired) electrons. The summed E-state index contributed by atoms with van der Waals surface area (Å²) in [5.74, 6) is -1.41. The Hall–Kier alpha value is -2.12. The van der Waals surface area contributed by atoms with Crippen LogP contribution in [0.15, 0.2) is 60.7 Å². The Balaban J connectivity index is 1.47. The van der Waals surface area contributed by atoms with Crippen LogP contribution in [-0.2, 0) is 44.6 Å². The highest BCUT2D eigenvalue weighted by atomic mass is 32.2. The number of fused-ring (bicyclic) bond motifs is 2. The van der Waals surface area contributed by atoms with E-state index in [0.717, 1.165) is 23.5 Å². The molecule has 4 aliphatic rings. The molecule has 4 fully saturated rings. The van der Waals surface area contributed by atoms with Gasteiger partial charge in [0, 0.05) is 5.56 Å². The van der Waals surface area contributed by atoms with E-state index in [2.05, 4.69) is 0 Å². The lowest BCUT2D eigenvalue weighted by molar-refractivity contribution is -0.317. The van der Waals surface area contributed by atoms with E-state index in [-0.39, 0.29) is 13.2 Å². The van der Waals surface area contributed by atoms with Crippen LogP contribution in [0.4, 0.5) is 0 Å². The summed E-state index contributed by atoms with van der Waals surface area (Å²) in [7, 11) is 0. The summed E-state index contributed by atoms with van der Waals surface area (Å²) in [6, 6.07) is 18.3. The van der Waals surface area contributed by atoms with Crippen LogP contribution in [0.3, 0.4) is 0 Å². The largest absolute Gasteiger partial charge is 0.458 e. The topological polar surface area (TPSA) is 110 Å². The predicted molar refractivity (Wildman–Crippen MR) is 152 cm³/mol. The van der Waals surface area contributed by atoms with Crippen molar-refractivity contribution in [2.45, 2.75) is 79.5 Å². The van der Waals surface area contributed by atoms with Crippen molar-refractivity contribution in [1.82, 2.24) is 0 Å². The van der Waals surface area contributed by atoms with Gasteiger partial charge in [-0.2, -0.15) is 0 Å². The Labute approximate surface area is 247 Å². The first kappa shape index (κ1) is 29.0. The molecule has 0 unspecified atom stereocenters. The molecule has 11 heteroatoms. The van der Waals surface area contributed by atoms with Gasteiger partial charge in [-0.05, 0) is 44.3 Å². The van der Waals surface area contributed by atoms with Crippen molar-refractivity contribution in [2.24, 2.45) is 0 Å². The van der Waals surface area contributed by atoms with Gasteiger partial charge in [0.25, 0.3) is 0 Å². The number of hydrogen-bond donors (Lipinski definition) is 1. The maximum Gasteiger partial charge on any atom is 0.346 e. The second-order valence-electron chi connectivity index (χ2n) is 11.2. The van der Waals surface area contributed by atoms with Crippen molar-refractivity contribution < 1.29 is 43.1 Å². The zero-order chi connectivity index (χ0) is 28.9. The summed E-state index contributed by atoms with van der Waals surface area (Å²) >= 11 is 3.18. The molecule has 0 aliphatic carbocycles. The van der Waals surface area contributed by atoms with E-state index < -0.39 is 57.6 Å². The van der Waals surface area contributed by atoms with Gasteiger partial charge in [-0.15, -0.1) is 23.5 Å². The van der Waals surface area contributed by atoms with Gasteiger partial charge < -0.3 is 33.5 Å². The average Bonchev–Trinajstić information content (AvgIpc) is 3.42. The van der Waals surface area contributed by atoms with Crippen molar-refractivity contribution in [3.8, 4) is 0 Å². The van der Waals surface area contributed by atoms with E-state index in [0.29, 0.717) is 5.56 Å². The molecule has 0 aromatic heterocycles. The number of aliphatic hydroxyl groups excluding tert-OH is 1. The van der Waals surface area contributed by atoms with Gasteiger partial charge in [-0.25, -0.2) is 9.59 Å². The molecule has 4 heterocycles. The molecule has 4 saturated heterocycles. The Bertz CT molecular complexity index is 1270. The van der Waals surface area contributed by atoms with Crippen LogP contribution in [0.25, 0.3) is 0 Å². The van der Waals surface area contributed by atoms with E-state index in [1.165, 1.54) is 0 Å². The van der Waals surface area contributed by atoms with Gasteiger partial charge >= 0.3 is 11.9 Å². The van der Waals surface area contributed by atoms with Crippen LogP contribution < -0.4 is 0 Å². The van der Waals surface area contributed by atoms with E-state index in [4.69, 9.17) is 28.4 Å². The van der Waals surface area contributed by atoms with Crippen LogP contribution in [0, 0.1) is 0 Å². The van der Waals surface area contributed by atoms with Gasteiger partial charge in [0.1, 0.15) is 18.8 Å². The number of carbonyl (C=O) groups is 2. The number of aliphatic hydroxyl groups is 1. The summed E-state index contributed by atoms with van der Waals surface area (Å²) in [5, 5.41) is 12.0. The van der Waals surface area contributed by atoms with Crippen LogP contribution in [-0.4, -0.2) is 74.5 Å². The Kier molecular flexibility index (Phi) is 7.67. The summed E-state index contributed by atoms with van der Waals surface area (Å²) in [6.45, 7) is 4.98. The molecule has 41 heavy (non-hydrogen) atoms. The Morgan fingerprint density at radius 3 is 2.37 bits per heavy atom. The number of ether oxygens (including phenoxy) is 6. The molecule has 220 valence electrons. The van der Waals surface area contributed by atoms with E-state index >= 15 is 0 Å². The molecule has 0 bridgehead atoms. The lowest BCUT2D eigenvalue weighted by Crippen LogP contribution is -2.73. The van der Waals surface area contributed by atoms with Gasteiger partial charge in [0.05, 0.1) is 10.7 Å². The molecule has 0 amide bonds. The number of thioether (sulfide) groups is 2.